The van der Waals surface area contributed by atoms with E-state index < -0.39 is 5.25 Å². The lowest BCUT2D eigenvalue weighted by molar-refractivity contribution is -0.115. The number of hydrogen-bond acceptors (Lipinski definition) is 7. The highest BCUT2D eigenvalue weighted by Gasteiger charge is 2.28. The van der Waals surface area contributed by atoms with Crippen molar-refractivity contribution in [1.29, 1.82) is 0 Å². The van der Waals surface area contributed by atoms with Crippen LogP contribution in [-0.4, -0.2) is 28.7 Å². The Bertz CT molecular complexity index is 1060. The molecule has 31 heavy (non-hydrogen) atoms. The number of amides is 1. The standard InChI is InChI=1S/C23H26N2O4S2/c1-3-28-22(27)19-15-10-6-4-5-7-13-18(15)31-21(19)25-20(26)14(2)30-23-24-16-11-8-9-12-17(16)29-23/h8-9,11-12,14H,3-7,10,13H2,1-2H3,(H,25,26). The SMILES string of the molecule is CCOC(=O)c1c(NC(=O)C(C)Sc2nc3ccccc3o2)sc2c1CCCCCC2. The Hall–Kier alpha value is -2.32. The molecule has 0 saturated carbocycles. The highest BCUT2D eigenvalue weighted by molar-refractivity contribution is 8.00. The molecule has 1 amide bonds. The van der Waals surface area contributed by atoms with Crippen molar-refractivity contribution < 1.29 is 18.7 Å². The van der Waals surface area contributed by atoms with Crippen molar-refractivity contribution in [3.8, 4) is 0 Å². The van der Waals surface area contributed by atoms with Crippen LogP contribution >= 0.6 is 23.1 Å². The molecule has 3 aromatic rings. The van der Waals surface area contributed by atoms with Gasteiger partial charge in [0.05, 0.1) is 17.4 Å². The number of rotatable bonds is 6. The summed E-state index contributed by atoms with van der Waals surface area (Å²) in [5.41, 5.74) is 3.05. The Morgan fingerprint density at radius 3 is 2.77 bits per heavy atom. The van der Waals surface area contributed by atoms with Crippen molar-refractivity contribution in [3.05, 3.63) is 40.3 Å². The molecule has 4 rings (SSSR count). The number of thioether (sulfide) groups is 1. The molecule has 2 heterocycles. The number of esters is 1. The van der Waals surface area contributed by atoms with E-state index in [1.54, 1.807) is 6.92 Å². The van der Waals surface area contributed by atoms with Crippen molar-refractivity contribution in [2.45, 2.75) is 62.8 Å². The van der Waals surface area contributed by atoms with Crippen LogP contribution in [0, 0.1) is 0 Å². The molecule has 0 spiro atoms. The Morgan fingerprint density at radius 2 is 2.00 bits per heavy atom. The zero-order chi connectivity index (χ0) is 21.8. The van der Waals surface area contributed by atoms with E-state index in [0.717, 1.165) is 43.2 Å². The fourth-order valence-electron chi connectivity index (χ4n) is 3.75. The van der Waals surface area contributed by atoms with Gasteiger partial charge in [-0.25, -0.2) is 9.78 Å². The molecule has 0 saturated heterocycles. The number of ether oxygens (including phenoxy) is 1. The van der Waals surface area contributed by atoms with Crippen molar-refractivity contribution in [2.75, 3.05) is 11.9 Å². The molecule has 6 nitrogen and oxygen atoms in total. The number of benzene rings is 1. The average Bonchev–Trinajstić information content (AvgIpc) is 3.28. The molecule has 2 aromatic heterocycles. The van der Waals surface area contributed by atoms with Crippen LogP contribution in [0.5, 0.6) is 0 Å². The quantitative estimate of drug-likeness (QED) is 0.369. The van der Waals surface area contributed by atoms with Crippen molar-refractivity contribution in [1.82, 2.24) is 4.98 Å². The number of fused-ring (bicyclic) bond motifs is 2. The first kappa shape index (κ1) is 21.9. The van der Waals surface area contributed by atoms with Crippen LogP contribution < -0.4 is 5.32 Å². The van der Waals surface area contributed by atoms with Crippen LogP contribution in [0.3, 0.4) is 0 Å². The number of para-hydroxylation sites is 2. The van der Waals surface area contributed by atoms with Crippen molar-refractivity contribution in [2.24, 2.45) is 0 Å². The molecule has 0 aliphatic heterocycles. The van der Waals surface area contributed by atoms with Gasteiger partial charge in [-0.1, -0.05) is 36.7 Å². The van der Waals surface area contributed by atoms with Gasteiger partial charge >= 0.3 is 5.97 Å². The van der Waals surface area contributed by atoms with Gasteiger partial charge in [0.1, 0.15) is 10.5 Å². The van der Waals surface area contributed by atoms with Gasteiger partial charge in [-0.05, 0) is 57.2 Å². The van der Waals surface area contributed by atoms with E-state index in [2.05, 4.69) is 10.3 Å². The van der Waals surface area contributed by atoms with Gasteiger partial charge in [-0.15, -0.1) is 11.3 Å². The minimum Gasteiger partial charge on any atom is -0.462 e. The highest BCUT2D eigenvalue weighted by atomic mass is 32.2. The minimum absolute atomic E-state index is 0.188. The maximum Gasteiger partial charge on any atom is 0.341 e. The lowest BCUT2D eigenvalue weighted by Crippen LogP contribution is -2.23. The summed E-state index contributed by atoms with van der Waals surface area (Å²) < 4.78 is 11.1. The maximum absolute atomic E-state index is 13.0. The molecule has 0 bridgehead atoms. The van der Waals surface area contributed by atoms with E-state index in [1.165, 1.54) is 34.4 Å². The van der Waals surface area contributed by atoms with Crippen LogP contribution in [0.2, 0.25) is 0 Å². The molecule has 1 aliphatic carbocycles. The first-order chi connectivity index (χ1) is 15.1. The van der Waals surface area contributed by atoms with E-state index >= 15 is 0 Å². The largest absolute Gasteiger partial charge is 0.462 e. The van der Waals surface area contributed by atoms with Gasteiger partial charge in [0.2, 0.25) is 5.91 Å². The van der Waals surface area contributed by atoms with Crippen LogP contribution in [0.25, 0.3) is 11.1 Å². The second-order valence-corrected chi connectivity index (χ2v) is 9.94. The van der Waals surface area contributed by atoms with E-state index in [9.17, 15) is 9.59 Å². The van der Waals surface area contributed by atoms with Crippen LogP contribution in [0.1, 0.15) is 60.3 Å². The van der Waals surface area contributed by atoms with Crippen LogP contribution in [0.4, 0.5) is 5.00 Å². The molecule has 0 fully saturated rings. The highest BCUT2D eigenvalue weighted by Crippen LogP contribution is 2.38. The van der Waals surface area contributed by atoms with Crippen LogP contribution in [-0.2, 0) is 22.4 Å². The smallest absolute Gasteiger partial charge is 0.341 e. The first-order valence-corrected chi connectivity index (χ1v) is 12.4. The van der Waals surface area contributed by atoms with Crippen LogP contribution in [0.15, 0.2) is 33.9 Å². The number of nitrogens with zero attached hydrogens (tertiary/aromatic N) is 1. The van der Waals surface area contributed by atoms with Gasteiger partial charge in [0.15, 0.2) is 5.58 Å². The van der Waals surface area contributed by atoms with Gasteiger partial charge < -0.3 is 14.5 Å². The lowest BCUT2D eigenvalue weighted by Gasteiger charge is -2.12. The predicted molar refractivity (Wildman–Crippen MR) is 124 cm³/mol. The Labute approximate surface area is 189 Å². The second-order valence-electron chi connectivity index (χ2n) is 7.54. The summed E-state index contributed by atoms with van der Waals surface area (Å²) in [5, 5.41) is 3.60. The summed E-state index contributed by atoms with van der Waals surface area (Å²) in [5.74, 6) is -0.540. The third-order valence-electron chi connectivity index (χ3n) is 5.31. The third-order valence-corrected chi connectivity index (χ3v) is 7.46. The van der Waals surface area contributed by atoms with Gasteiger partial charge in [0, 0.05) is 4.88 Å². The lowest BCUT2D eigenvalue weighted by atomic mass is 9.96. The molecular formula is C23H26N2O4S2. The van der Waals surface area contributed by atoms with E-state index in [1.807, 2.05) is 31.2 Å². The number of hydrogen-bond donors (Lipinski definition) is 1. The Morgan fingerprint density at radius 1 is 1.23 bits per heavy atom. The molecule has 1 N–H and O–H groups in total. The summed E-state index contributed by atoms with van der Waals surface area (Å²) in [6.07, 6.45) is 6.31. The number of aryl methyl sites for hydroxylation is 1. The fraction of sp³-hybridized carbons (Fsp3) is 0.435. The number of carbonyl (C=O) groups is 2. The number of nitrogens with one attached hydrogen (secondary N) is 1. The van der Waals surface area contributed by atoms with E-state index in [-0.39, 0.29) is 11.9 Å². The molecule has 1 atom stereocenters. The number of thiophene rings is 1. The average molecular weight is 459 g/mol. The Balaban J connectivity index is 1.54. The molecule has 1 unspecified atom stereocenters. The normalized spacial score (nSPS) is 15.0. The molecule has 164 valence electrons. The van der Waals surface area contributed by atoms with E-state index in [4.69, 9.17) is 9.15 Å². The van der Waals surface area contributed by atoms with Gasteiger partial charge in [-0.3, -0.25) is 4.79 Å². The van der Waals surface area contributed by atoms with Gasteiger partial charge in [0.25, 0.3) is 5.22 Å². The third kappa shape index (κ3) is 4.96. The summed E-state index contributed by atoms with van der Waals surface area (Å²) in [6.45, 7) is 3.91. The summed E-state index contributed by atoms with van der Waals surface area (Å²) in [7, 11) is 0. The first-order valence-electron chi connectivity index (χ1n) is 10.7. The summed E-state index contributed by atoms with van der Waals surface area (Å²) in [6, 6.07) is 7.51. The maximum atomic E-state index is 13.0. The zero-order valence-corrected chi connectivity index (χ0v) is 19.4. The fourth-order valence-corrected chi connectivity index (χ4v) is 5.78. The van der Waals surface area contributed by atoms with Crippen molar-refractivity contribution >= 4 is 51.1 Å². The minimum atomic E-state index is -0.437. The Kier molecular flexibility index (Phi) is 6.97. The number of aromatic nitrogens is 1. The number of anilines is 1. The summed E-state index contributed by atoms with van der Waals surface area (Å²) >= 11 is 2.77. The van der Waals surface area contributed by atoms with Gasteiger partial charge in [-0.2, -0.15) is 0 Å². The summed E-state index contributed by atoms with van der Waals surface area (Å²) in [4.78, 5) is 31.3. The number of oxazole rings is 1. The number of carbonyl (C=O) groups excluding carboxylic acids is 2. The van der Waals surface area contributed by atoms with Crippen molar-refractivity contribution in [3.63, 3.8) is 0 Å². The molecule has 1 aromatic carbocycles. The van der Waals surface area contributed by atoms with E-state index in [0.29, 0.717) is 28.0 Å². The topological polar surface area (TPSA) is 81.4 Å². The zero-order valence-electron chi connectivity index (χ0n) is 17.7. The monoisotopic (exact) mass is 458 g/mol. The second kappa shape index (κ2) is 9.87. The molecular weight excluding hydrogens is 432 g/mol. The molecule has 1 aliphatic rings. The predicted octanol–water partition coefficient (Wildman–Crippen LogP) is 5.84. The molecule has 8 heteroatoms. The molecule has 0 radical (unpaired) electrons.